The Kier molecular flexibility index (Phi) is 6.39. The maximum atomic E-state index is 13.0. The molecule has 36 heavy (non-hydrogen) atoms. The summed E-state index contributed by atoms with van der Waals surface area (Å²) in [6.45, 7) is 1.45. The van der Waals surface area contributed by atoms with Crippen molar-refractivity contribution in [3.63, 3.8) is 0 Å². The van der Waals surface area contributed by atoms with Gasteiger partial charge in [0, 0.05) is 5.56 Å². The van der Waals surface area contributed by atoms with Gasteiger partial charge in [-0.05, 0) is 24.6 Å². The normalized spacial score (nSPS) is 11.7. The van der Waals surface area contributed by atoms with Crippen molar-refractivity contribution in [1.29, 1.82) is 0 Å². The number of carbonyl (C=O) groups is 2. The van der Waals surface area contributed by atoms with Crippen molar-refractivity contribution >= 4 is 11.9 Å². The molecule has 5 rings (SSSR count). The molecule has 1 unspecified atom stereocenters. The van der Waals surface area contributed by atoms with Crippen molar-refractivity contribution in [2.24, 2.45) is 0 Å². The molecule has 0 aliphatic carbocycles. The molecule has 0 aliphatic heterocycles. The number of aryl methyl sites for hydroxylation is 1. The number of ether oxygens (including phenoxy) is 1. The minimum Gasteiger partial charge on any atom is -0.459 e. The second kappa shape index (κ2) is 10.1. The quantitative estimate of drug-likeness (QED) is 0.316. The van der Waals surface area contributed by atoms with Crippen LogP contribution in [-0.4, -0.2) is 27.2 Å². The number of nitrogens with one attached hydrogen (secondary N) is 1. The van der Waals surface area contributed by atoms with Crippen LogP contribution >= 0.6 is 0 Å². The topological polar surface area (TPSA) is 133 Å². The number of hydrogen-bond acceptors (Lipinski definition) is 9. The standard InChI is InChI=1S/C26H20N4O6/c1-16-21(22(30-36-16)17-9-4-2-5-10-17)25-29-28-20(35-25)15-34-26(32)23(18-11-6-3-7-12-18)27-24(31)19-13-8-14-33-19/h2-14,23H,15H2,1H3,(H,27,31). The summed E-state index contributed by atoms with van der Waals surface area (Å²) in [6, 6.07) is 20.2. The Morgan fingerprint density at radius 3 is 2.44 bits per heavy atom. The molecule has 0 bridgehead atoms. The number of aromatic nitrogens is 3. The highest BCUT2D eigenvalue weighted by Crippen LogP contribution is 2.33. The van der Waals surface area contributed by atoms with Gasteiger partial charge in [0.2, 0.25) is 0 Å². The highest BCUT2D eigenvalue weighted by atomic mass is 16.5. The van der Waals surface area contributed by atoms with Gasteiger partial charge in [-0.1, -0.05) is 65.8 Å². The molecule has 0 spiro atoms. The summed E-state index contributed by atoms with van der Waals surface area (Å²) >= 11 is 0. The molecule has 0 aliphatic rings. The van der Waals surface area contributed by atoms with Gasteiger partial charge in [0.05, 0.1) is 6.26 Å². The van der Waals surface area contributed by atoms with Crippen LogP contribution < -0.4 is 5.32 Å². The fraction of sp³-hybridized carbons (Fsp3) is 0.115. The van der Waals surface area contributed by atoms with Crippen LogP contribution in [0.15, 0.2) is 92.4 Å². The lowest BCUT2D eigenvalue weighted by Crippen LogP contribution is -2.34. The van der Waals surface area contributed by atoms with E-state index in [1.54, 1.807) is 43.3 Å². The number of rotatable bonds is 8. The monoisotopic (exact) mass is 484 g/mol. The van der Waals surface area contributed by atoms with E-state index in [4.69, 9.17) is 18.1 Å². The number of furan rings is 1. The highest BCUT2D eigenvalue weighted by molar-refractivity contribution is 5.94. The van der Waals surface area contributed by atoms with E-state index < -0.39 is 17.9 Å². The Balaban J connectivity index is 1.32. The van der Waals surface area contributed by atoms with Gasteiger partial charge >= 0.3 is 5.97 Å². The Hall–Kier alpha value is -4.99. The molecule has 1 amide bonds. The van der Waals surface area contributed by atoms with E-state index in [1.165, 1.54) is 12.3 Å². The lowest BCUT2D eigenvalue weighted by molar-refractivity contribution is -0.148. The molecular formula is C26H20N4O6. The molecule has 0 radical (unpaired) electrons. The smallest absolute Gasteiger partial charge is 0.333 e. The van der Waals surface area contributed by atoms with E-state index >= 15 is 0 Å². The highest BCUT2D eigenvalue weighted by Gasteiger charge is 2.27. The molecule has 10 heteroatoms. The van der Waals surface area contributed by atoms with Crippen LogP contribution in [0, 0.1) is 6.92 Å². The molecule has 3 heterocycles. The number of esters is 1. The molecule has 0 saturated heterocycles. The first kappa shape index (κ1) is 22.8. The summed E-state index contributed by atoms with van der Waals surface area (Å²) in [6.07, 6.45) is 1.37. The van der Waals surface area contributed by atoms with E-state index in [9.17, 15) is 9.59 Å². The zero-order valence-corrected chi connectivity index (χ0v) is 19.1. The van der Waals surface area contributed by atoms with Gasteiger partial charge < -0.3 is 23.4 Å². The number of amides is 1. The molecule has 10 nitrogen and oxygen atoms in total. The second-order valence-electron chi connectivity index (χ2n) is 7.73. The fourth-order valence-electron chi connectivity index (χ4n) is 3.58. The first-order valence-corrected chi connectivity index (χ1v) is 11.0. The molecular weight excluding hydrogens is 464 g/mol. The van der Waals surface area contributed by atoms with Crippen molar-refractivity contribution < 1.29 is 27.7 Å². The van der Waals surface area contributed by atoms with Gasteiger partial charge in [0.15, 0.2) is 18.4 Å². The van der Waals surface area contributed by atoms with Crippen molar-refractivity contribution in [1.82, 2.24) is 20.7 Å². The lowest BCUT2D eigenvalue weighted by atomic mass is 10.1. The number of nitrogens with zero attached hydrogens (tertiary/aromatic N) is 3. The lowest BCUT2D eigenvalue weighted by Gasteiger charge is -2.17. The van der Waals surface area contributed by atoms with Gasteiger partial charge in [-0.15, -0.1) is 10.2 Å². The number of hydrogen-bond donors (Lipinski definition) is 1. The Bertz CT molecular complexity index is 1460. The van der Waals surface area contributed by atoms with Crippen molar-refractivity contribution in [2.75, 3.05) is 0 Å². The summed E-state index contributed by atoms with van der Waals surface area (Å²) in [5, 5.41) is 14.8. The molecule has 2 aromatic carbocycles. The van der Waals surface area contributed by atoms with Gasteiger partial charge in [0.1, 0.15) is 17.0 Å². The summed E-state index contributed by atoms with van der Waals surface area (Å²) < 4.78 is 21.6. The summed E-state index contributed by atoms with van der Waals surface area (Å²) in [7, 11) is 0. The maximum absolute atomic E-state index is 13.0. The van der Waals surface area contributed by atoms with E-state index in [0.29, 0.717) is 22.6 Å². The van der Waals surface area contributed by atoms with Crippen LogP contribution in [0.1, 0.15) is 33.8 Å². The summed E-state index contributed by atoms with van der Waals surface area (Å²) in [5.41, 5.74) is 2.49. The zero-order chi connectivity index (χ0) is 24.9. The predicted molar refractivity (Wildman–Crippen MR) is 125 cm³/mol. The van der Waals surface area contributed by atoms with E-state index in [0.717, 1.165) is 5.56 Å². The van der Waals surface area contributed by atoms with Crippen LogP contribution in [0.4, 0.5) is 0 Å². The fourth-order valence-corrected chi connectivity index (χ4v) is 3.58. The average Bonchev–Trinajstić information content (AvgIpc) is 3.68. The van der Waals surface area contributed by atoms with Gasteiger partial charge in [-0.25, -0.2) is 4.79 Å². The molecule has 3 aromatic heterocycles. The second-order valence-corrected chi connectivity index (χ2v) is 7.73. The molecule has 0 saturated carbocycles. The molecule has 0 fully saturated rings. The van der Waals surface area contributed by atoms with Crippen molar-refractivity contribution in [3.8, 4) is 22.7 Å². The van der Waals surface area contributed by atoms with Crippen LogP contribution in [0.2, 0.25) is 0 Å². The van der Waals surface area contributed by atoms with E-state index in [-0.39, 0.29) is 24.1 Å². The third-order valence-corrected chi connectivity index (χ3v) is 5.32. The van der Waals surface area contributed by atoms with Crippen LogP contribution in [0.25, 0.3) is 22.7 Å². The Morgan fingerprint density at radius 1 is 0.972 bits per heavy atom. The number of benzene rings is 2. The van der Waals surface area contributed by atoms with Crippen LogP contribution in [-0.2, 0) is 16.1 Å². The third-order valence-electron chi connectivity index (χ3n) is 5.32. The van der Waals surface area contributed by atoms with Crippen LogP contribution in [0.3, 0.4) is 0 Å². The Morgan fingerprint density at radius 2 is 1.72 bits per heavy atom. The van der Waals surface area contributed by atoms with Crippen LogP contribution in [0.5, 0.6) is 0 Å². The van der Waals surface area contributed by atoms with E-state index in [2.05, 4.69) is 20.7 Å². The first-order chi connectivity index (χ1) is 17.6. The largest absolute Gasteiger partial charge is 0.459 e. The van der Waals surface area contributed by atoms with Gasteiger partial charge in [-0.3, -0.25) is 4.79 Å². The van der Waals surface area contributed by atoms with Crippen molar-refractivity contribution in [3.05, 3.63) is 102 Å². The predicted octanol–water partition coefficient (Wildman–Crippen LogP) is 4.51. The maximum Gasteiger partial charge on any atom is 0.333 e. The average molecular weight is 484 g/mol. The third kappa shape index (κ3) is 4.78. The van der Waals surface area contributed by atoms with E-state index in [1.807, 2.05) is 30.3 Å². The van der Waals surface area contributed by atoms with Gasteiger partial charge in [-0.2, -0.15) is 0 Å². The first-order valence-electron chi connectivity index (χ1n) is 11.0. The molecule has 5 aromatic rings. The Labute approximate surface area is 204 Å². The summed E-state index contributed by atoms with van der Waals surface area (Å²) in [4.78, 5) is 25.5. The number of carbonyl (C=O) groups excluding carboxylic acids is 2. The zero-order valence-electron chi connectivity index (χ0n) is 19.1. The van der Waals surface area contributed by atoms with Crippen molar-refractivity contribution in [2.45, 2.75) is 19.6 Å². The molecule has 1 atom stereocenters. The minimum atomic E-state index is -1.07. The SMILES string of the molecule is Cc1onc(-c2ccccc2)c1-c1nnc(COC(=O)C(NC(=O)c2ccco2)c2ccccc2)o1. The summed E-state index contributed by atoms with van der Waals surface area (Å²) in [5.74, 6) is -0.421. The van der Waals surface area contributed by atoms with Gasteiger partial charge in [0.25, 0.3) is 17.7 Å². The molecule has 1 N–H and O–H groups in total. The minimum absolute atomic E-state index is 0.0714. The molecule has 180 valence electrons.